The third-order valence-corrected chi connectivity index (χ3v) is 6.03. The van der Waals surface area contributed by atoms with E-state index in [0.717, 1.165) is 10.0 Å². The summed E-state index contributed by atoms with van der Waals surface area (Å²) in [6, 6.07) is 14.6. The number of aromatic hydroxyl groups is 1. The highest BCUT2D eigenvalue weighted by Gasteiger charge is 2.52. The van der Waals surface area contributed by atoms with Crippen molar-refractivity contribution in [3.8, 4) is 5.75 Å². The van der Waals surface area contributed by atoms with Gasteiger partial charge in [-0.05, 0) is 56.9 Å². The molecular formula is C23H27BBrNO5. The predicted molar refractivity (Wildman–Crippen MR) is 124 cm³/mol. The number of carbonyl (C=O) groups excluding carboxylic acids is 1. The SMILES string of the molecule is CC1(C)OB(C(=Cc2cc(Br)ccc2O)CNC(=O)OCc2ccccc2)OC1(C)C. The van der Waals surface area contributed by atoms with E-state index in [4.69, 9.17) is 14.0 Å². The number of benzene rings is 2. The van der Waals surface area contributed by atoms with Crippen molar-refractivity contribution in [3.63, 3.8) is 0 Å². The van der Waals surface area contributed by atoms with Crippen molar-refractivity contribution in [2.45, 2.75) is 45.5 Å². The molecule has 1 aliphatic heterocycles. The molecule has 1 fully saturated rings. The molecule has 0 bridgehead atoms. The molecule has 0 radical (unpaired) electrons. The molecule has 0 saturated carbocycles. The first kappa shape index (κ1) is 23.4. The van der Waals surface area contributed by atoms with Crippen LogP contribution in [0.3, 0.4) is 0 Å². The number of ether oxygens (including phenoxy) is 1. The third kappa shape index (κ3) is 5.90. The molecule has 0 unspecified atom stereocenters. The predicted octanol–water partition coefficient (Wildman–Crippen LogP) is 5.10. The van der Waals surface area contributed by atoms with Gasteiger partial charge in [0.2, 0.25) is 0 Å². The Kier molecular flexibility index (Phi) is 7.14. The van der Waals surface area contributed by atoms with E-state index in [2.05, 4.69) is 21.2 Å². The van der Waals surface area contributed by atoms with Crippen LogP contribution in [0, 0.1) is 0 Å². The second-order valence-electron chi connectivity index (χ2n) is 8.43. The second kappa shape index (κ2) is 9.46. The smallest absolute Gasteiger partial charge is 0.492 e. The summed E-state index contributed by atoms with van der Waals surface area (Å²) in [4.78, 5) is 12.3. The molecule has 8 heteroatoms. The molecule has 6 nitrogen and oxygen atoms in total. The van der Waals surface area contributed by atoms with Crippen molar-refractivity contribution in [3.05, 3.63) is 69.6 Å². The van der Waals surface area contributed by atoms with Gasteiger partial charge in [0.15, 0.2) is 0 Å². The van der Waals surface area contributed by atoms with Gasteiger partial charge in [0.1, 0.15) is 12.4 Å². The summed E-state index contributed by atoms with van der Waals surface area (Å²) in [7, 11) is -0.683. The molecule has 3 rings (SSSR count). The van der Waals surface area contributed by atoms with Gasteiger partial charge < -0.3 is 24.5 Å². The van der Waals surface area contributed by atoms with Crippen molar-refractivity contribution in [2.24, 2.45) is 0 Å². The molecule has 1 aliphatic rings. The van der Waals surface area contributed by atoms with Gasteiger partial charge in [-0.1, -0.05) is 52.3 Å². The minimum atomic E-state index is -0.683. The highest BCUT2D eigenvalue weighted by molar-refractivity contribution is 9.10. The van der Waals surface area contributed by atoms with Crippen LogP contribution in [0.5, 0.6) is 5.75 Å². The van der Waals surface area contributed by atoms with Gasteiger partial charge in [0.05, 0.1) is 11.2 Å². The highest BCUT2D eigenvalue weighted by atomic mass is 79.9. The Morgan fingerprint density at radius 2 is 1.77 bits per heavy atom. The quantitative estimate of drug-likeness (QED) is 0.554. The van der Waals surface area contributed by atoms with Gasteiger partial charge in [0, 0.05) is 16.6 Å². The molecule has 2 aromatic carbocycles. The van der Waals surface area contributed by atoms with Crippen LogP contribution >= 0.6 is 15.9 Å². The molecular weight excluding hydrogens is 461 g/mol. The summed E-state index contributed by atoms with van der Waals surface area (Å²) >= 11 is 3.42. The molecule has 2 aromatic rings. The van der Waals surface area contributed by atoms with Crippen LogP contribution in [-0.2, 0) is 20.7 Å². The number of rotatable bonds is 6. The largest absolute Gasteiger partial charge is 0.507 e. The molecule has 0 atom stereocenters. The monoisotopic (exact) mass is 487 g/mol. The summed E-state index contributed by atoms with van der Waals surface area (Å²) in [6.07, 6.45) is 1.21. The van der Waals surface area contributed by atoms with Gasteiger partial charge in [-0.3, -0.25) is 0 Å². The van der Waals surface area contributed by atoms with Crippen molar-refractivity contribution in [1.82, 2.24) is 5.32 Å². The normalized spacial score (nSPS) is 17.5. The topological polar surface area (TPSA) is 77.0 Å². The van der Waals surface area contributed by atoms with Crippen molar-refractivity contribution in [2.75, 3.05) is 6.54 Å². The molecule has 1 saturated heterocycles. The average Bonchev–Trinajstić information content (AvgIpc) is 2.94. The fourth-order valence-corrected chi connectivity index (χ4v) is 3.36. The van der Waals surface area contributed by atoms with E-state index in [-0.39, 0.29) is 18.9 Å². The zero-order valence-corrected chi connectivity index (χ0v) is 19.7. The zero-order chi connectivity index (χ0) is 22.6. The van der Waals surface area contributed by atoms with E-state index in [0.29, 0.717) is 11.0 Å². The number of hydrogen-bond donors (Lipinski definition) is 2. The first-order chi connectivity index (χ1) is 14.6. The van der Waals surface area contributed by atoms with Crippen LogP contribution in [0.25, 0.3) is 6.08 Å². The minimum Gasteiger partial charge on any atom is -0.507 e. The number of phenols is 1. The first-order valence-corrected chi connectivity index (χ1v) is 10.9. The Hall–Kier alpha value is -2.29. The molecule has 1 amide bonds. The number of halogens is 1. The van der Waals surface area contributed by atoms with Crippen LogP contribution in [0.15, 0.2) is 58.5 Å². The summed E-state index contributed by atoms with van der Waals surface area (Å²) < 4.78 is 18.4. The maximum Gasteiger partial charge on any atom is 0.492 e. The number of phenolic OH excluding ortho intramolecular Hbond substituents is 1. The lowest BCUT2D eigenvalue weighted by Crippen LogP contribution is -2.41. The van der Waals surface area contributed by atoms with Crippen LogP contribution in [0.4, 0.5) is 4.79 Å². The maximum absolute atomic E-state index is 12.3. The summed E-state index contributed by atoms with van der Waals surface area (Å²) in [5.74, 6) is 0.115. The van der Waals surface area contributed by atoms with E-state index in [1.165, 1.54) is 0 Å². The Bertz CT molecular complexity index is 946. The molecule has 2 N–H and O–H groups in total. The maximum atomic E-state index is 12.3. The summed E-state index contributed by atoms with van der Waals surface area (Å²) in [6.45, 7) is 8.15. The fraction of sp³-hybridized carbons (Fsp3) is 0.348. The standard InChI is InChI=1S/C23H27BBrNO5/c1-22(2)23(3,4)31-24(30-22)18(12-17-13-19(25)10-11-20(17)27)14-26-21(28)29-15-16-8-6-5-7-9-16/h5-13,27H,14-15H2,1-4H3,(H,26,28). The Morgan fingerprint density at radius 1 is 1.13 bits per heavy atom. The first-order valence-electron chi connectivity index (χ1n) is 10.1. The lowest BCUT2D eigenvalue weighted by molar-refractivity contribution is 0.00578. The molecule has 0 aliphatic carbocycles. The van der Waals surface area contributed by atoms with Gasteiger partial charge in [-0.15, -0.1) is 0 Å². The lowest BCUT2D eigenvalue weighted by atomic mass is 9.77. The number of carbonyl (C=O) groups is 1. The molecule has 164 valence electrons. The number of alkyl carbamates (subject to hydrolysis) is 1. The van der Waals surface area contributed by atoms with Crippen LogP contribution in [0.2, 0.25) is 0 Å². The summed E-state index contributed by atoms with van der Waals surface area (Å²) in [5, 5.41) is 13.0. The van der Waals surface area contributed by atoms with Crippen molar-refractivity contribution < 1.29 is 23.9 Å². The van der Waals surface area contributed by atoms with Crippen molar-refractivity contribution >= 4 is 35.2 Å². The highest BCUT2D eigenvalue weighted by Crippen LogP contribution is 2.39. The molecule has 0 aromatic heterocycles. The minimum absolute atomic E-state index is 0.115. The van der Waals surface area contributed by atoms with Crippen LogP contribution < -0.4 is 5.32 Å². The second-order valence-corrected chi connectivity index (χ2v) is 9.34. The Balaban J connectivity index is 1.75. The number of amides is 1. The third-order valence-electron chi connectivity index (χ3n) is 5.54. The average molecular weight is 488 g/mol. The van der Waals surface area contributed by atoms with E-state index < -0.39 is 24.4 Å². The van der Waals surface area contributed by atoms with Crippen molar-refractivity contribution in [1.29, 1.82) is 0 Å². The summed E-state index contributed by atoms with van der Waals surface area (Å²) in [5.41, 5.74) is 1.06. The van der Waals surface area contributed by atoms with Gasteiger partial charge in [0.25, 0.3) is 0 Å². The lowest BCUT2D eigenvalue weighted by Gasteiger charge is -2.32. The molecule has 1 heterocycles. The van der Waals surface area contributed by atoms with E-state index in [9.17, 15) is 9.90 Å². The Morgan fingerprint density at radius 3 is 2.42 bits per heavy atom. The van der Waals surface area contributed by atoms with Gasteiger partial charge in [-0.25, -0.2) is 4.79 Å². The van der Waals surface area contributed by atoms with E-state index in [1.54, 1.807) is 24.3 Å². The Labute approximate surface area is 191 Å². The van der Waals surface area contributed by atoms with Gasteiger partial charge in [-0.2, -0.15) is 0 Å². The molecule has 31 heavy (non-hydrogen) atoms. The fourth-order valence-electron chi connectivity index (χ4n) is 2.99. The van der Waals surface area contributed by atoms with E-state index >= 15 is 0 Å². The zero-order valence-electron chi connectivity index (χ0n) is 18.1. The molecule has 0 spiro atoms. The number of nitrogens with one attached hydrogen (secondary N) is 1. The number of hydrogen-bond acceptors (Lipinski definition) is 5. The van der Waals surface area contributed by atoms with Crippen LogP contribution in [0.1, 0.15) is 38.8 Å². The van der Waals surface area contributed by atoms with Gasteiger partial charge >= 0.3 is 13.2 Å². The van der Waals surface area contributed by atoms with Crippen LogP contribution in [-0.4, -0.2) is 36.1 Å². The van der Waals surface area contributed by atoms with E-state index in [1.807, 2.05) is 58.0 Å².